The van der Waals surface area contributed by atoms with Crippen LogP contribution in [-0.2, 0) is 4.84 Å². The van der Waals surface area contributed by atoms with Gasteiger partial charge in [-0.15, -0.1) is 0 Å². The summed E-state index contributed by atoms with van der Waals surface area (Å²) in [5, 5.41) is 12.1. The zero-order chi connectivity index (χ0) is 20.5. The van der Waals surface area contributed by atoms with Crippen LogP contribution in [0.5, 0.6) is 5.88 Å². The van der Waals surface area contributed by atoms with Crippen LogP contribution >= 0.6 is 0 Å². The van der Waals surface area contributed by atoms with Crippen molar-refractivity contribution in [2.75, 3.05) is 31.3 Å². The van der Waals surface area contributed by atoms with E-state index < -0.39 is 5.82 Å². The summed E-state index contributed by atoms with van der Waals surface area (Å²) in [5.74, 6) is 0.209. The van der Waals surface area contributed by atoms with Gasteiger partial charge in [0.15, 0.2) is 11.5 Å². The van der Waals surface area contributed by atoms with E-state index in [4.69, 9.17) is 9.57 Å². The van der Waals surface area contributed by atoms with Gasteiger partial charge in [0.1, 0.15) is 17.5 Å². The Morgan fingerprint density at radius 1 is 1.30 bits per heavy atom. The molecule has 10 nitrogen and oxygen atoms in total. The van der Waals surface area contributed by atoms with Crippen molar-refractivity contribution >= 4 is 17.4 Å². The molecule has 3 aromatic rings. The molecule has 5 heterocycles. The summed E-state index contributed by atoms with van der Waals surface area (Å²) < 4.78 is 20.4. The monoisotopic (exact) mass is 413 g/mol. The van der Waals surface area contributed by atoms with E-state index in [9.17, 15) is 9.18 Å². The van der Waals surface area contributed by atoms with Gasteiger partial charge in [0.25, 0.3) is 5.91 Å². The van der Waals surface area contributed by atoms with Crippen LogP contribution in [0.15, 0.2) is 36.8 Å². The number of pyridine rings is 1. The van der Waals surface area contributed by atoms with Crippen LogP contribution in [0.3, 0.4) is 0 Å². The Morgan fingerprint density at radius 3 is 3.03 bits per heavy atom. The maximum atomic E-state index is 13.0. The number of hydroxylamine groups is 1. The molecule has 2 aliphatic rings. The highest BCUT2D eigenvalue weighted by atomic mass is 19.1. The molecule has 2 saturated heterocycles. The molecule has 2 unspecified atom stereocenters. The molecule has 2 N–H and O–H groups in total. The van der Waals surface area contributed by atoms with Crippen LogP contribution in [0.4, 0.5) is 10.2 Å². The predicted octanol–water partition coefficient (Wildman–Crippen LogP) is 0.554. The number of ether oxygens (including phenoxy) is 1. The zero-order valence-electron chi connectivity index (χ0n) is 16.0. The molecule has 30 heavy (non-hydrogen) atoms. The number of halogens is 1. The second kappa shape index (κ2) is 7.84. The summed E-state index contributed by atoms with van der Waals surface area (Å²) in [7, 11) is 0. The van der Waals surface area contributed by atoms with Gasteiger partial charge in [-0.05, 0) is 12.5 Å². The first kappa shape index (κ1) is 18.7. The number of anilines is 1. The van der Waals surface area contributed by atoms with Crippen LogP contribution in [0.2, 0.25) is 0 Å². The van der Waals surface area contributed by atoms with Gasteiger partial charge in [0.2, 0.25) is 5.88 Å². The molecule has 0 saturated carbocycles. The summed E-state index contributed by atoms with van der Waals surface area (Å²) in [4.78, 5) is 27.0. The van der Waals surface area contributed by atoms with Gasteiger partial charge in [0.05, 0.1) is 25.0 Å². The first-order chi connectivity index (χ1) is 14.7. The first-order valence-electron chi connectivity index (χ1n) is 9.72. The molecule has 0 aromatic carbocycles. The fraction of sp³-hybridized carbons (Fsp3) is 0.368. The highest BCUT2D eigenvalue weighted by molar-refractivity contribution is 6.00. The molecule has 2 atom stereocenters. The molecular formula is C19H20FN7O3. The number of hydrogen-bond acceptors (Lipinski definition) is 8. The minimum absolute atomic E-state index is 0.288. The van der Waals surface area contributed by atoms with E-state index in [2.05, 4.69) is 25.7 Å². The molecule has 0 radical (unpaired) electrons. The maximum absolute atomic E-state index is 13.0. The van der Waals surface area contributed by atoms with Gasteiger partial charge in [0, 0.05) is 38.0 Å². The summed E-state index contributed by atoms with van der Waals surface area (Å²) in [5.41, 5.74) is 0.811. The standard InChI is InChI=1S/C19H20FN7O3/c20-12-2-3-17(22-8-12)30-15-11-21-10-14(15)24-19(28)13-9-23-26-6-4-16(25-18(13)26)27-5-1-7-29-27/h2-4,6,8-9,14-15,21H,1,5,7,10-11H2,(H,24,28). The first-order valence-corrected chi connectivity index (χ1v) is 9.72. The number of hydrogen-bond donors (Lipinski definition) is 2. The lowest BCUT2D eigenvalue weighted by atomic mass is 10.2. The van der Waals surface area contributed by atoms with E-state index in [0.29, 0.717) is 42.6 Å². The molecule has 156 valence electrons. The Bertz CT molecular complexity index is 1050. The molecular weight excluding hydrogens is 393 g/mol. The van der Waals surface area contributed by atoms with Gasteiger partial charge in [-0.1, -0.05) is 0 Å². The smallest absolute Gasteiger partial charge is 0.257 e. The van der Waals surface area contributed by atoms with Crippen LogP contribution < -0.4 is 20.4 Å². The Kier molecular flexibility index (Phi) is 4.89. The third kappa shape index (κ3) is 3.64. The van der Waals surface area contributed by atoms with Gasteiger partial charge < -0.3 is 15.4 Å². The third-order valence-corrected chi connectivity index (χ3v) is 5.05. The number of fused-ring (bicyclic) bond motifs is 1. The Hall–Kier alpha value is -3.31. The second-order valence-electron chi connectivity index (χ2n) is 7.11. The van der Waals surface area contributed by atoms with E-state index >= 15 is 0 Å². The minimum Gasteiger partial charge on any atom is -0.471 e. The quantitative estimate of drug-likeness (QED) is 0.625. The van der Waals surface area contributed by atoms with E-state index in [1.54, 1.807) is 21.8 Å². The van der Waals surface area contributed by atoms with Crippen molar-refractivity contribution in [3.05, 3.63) is 48.2 Å². The number of carbonyl (C=O) groups is 1. The predicted molar refractivity (Wildman–Crippen MR) is 104 cm³/mol. The van der Waals surface area contributed by atoms with Crippen molar-refractivity contribution in [1.29, 1.82) is 0 Å². The Labute approximate surface area is 171 Å². The highest BCUT2D eigenvalue weighted by Gasteiger charge is 2.31. The van der Waals surface area contributed by atoms with Crippen LogP contribution in [-0.4, -0.2) is 63.9 Å². The lowest BCUT2D eigenvalue weighted by molar-refractivity contribution is 0.0903. The molecule has 2 aliphatic heterocycles. The average Bonchev–Trinajstić information content (AvgIpc) is 3.50. The average molecular weight is 413 g/mol. The molecule has 11 heteroatoms. The fourth-order valence-electron chi connectivity index (χ4n) is 3.54. The Morgan fingerprint density at radius 2 is 2.23 bits per heavy atom. The van der Waals surface area contributed by atoms with Gasteiger partial charge >= 0.3 is 0 Å². The molecule has 3 aromatic heterocycles. The molecule has 0 aliphatic carbocycles. The number of nitrogens with zero attached hydrogens (tertiary/aromatic N) is 5. The molecule has 5 rings (SSSR count). The van der Waals surface area contributed by atoms with Crippen LogP contribution in [0, 0.1) is 5.82 Å². The maximum Gasteiger partial charge on any atom is 0.257 e. The highest BCUT2D eigenvalue weighted by Crippen LogP contribution is 2.19. The van der Waals surface area contributed by atoms with E-state index in [-0.39, 0.29) is 18.1 Å². The van der Waals surface area contributed by atoms with Crippen LogP contribution in [0.25, 0.3) is 5.65 Å². The van der Waals surface area contributed by atoms with Gasteiger partial charge in [-0.2, -0.15) is 5.10 Å². The van der Waals surface area contributed by atoms with Crippen molar-refractivity contribution in [1.82, 2.24) is 30.2 Å². The minimum atomic E-state index is -0.434. The van der Waals surface area contributed by atoms with Crippen molar-refractivity contribution in [3.8, 4) is 5.88 Å². The summed E-state index contributed by atoms with van der Waals surface area (Å²) in [6.45, 7) is 2.48. The van der Waals surface area contributed by atoms with Crippen molar-refractivity contribution in [2.24, 2.45) is 0 Å². The number of amides is 1. The van der Waals surface area contributed by atoms with E-state index in [1.165, 1.54) is 18.3 Å². The molecule has 0 bridgehead atoms. The SMILES string of the molecule is O=C(NC1CNCC1Oc1ccc(F)cn1)c1cnn2ccc(N3CCCO3)nc12. The Balaban J connectivity index is 1.32. The van der Waals surface area contributed by atoms with E-state index in [1.807, 2.05) is 0 Å². The van der Waals surface area contributed by atoms with Crippen molar-refractivity contribution in [3.63, 3.8) is 0 Å². The van der Waals surface area contributed by atoms with Gasteiger partial charge in [-0.25, -0.2) is 23.9 Å². The van der Waals surface area contributed by atoms with Crippen molar-refractivity contribution < 1.29 is 18.8 Å². The largest absolute Gasteiger partial charge is 0.471 e. The second-order valence-corrected chi connectivity index (χ2v) is 7.11. The molecule has 1 amide bonds. The number of rotatable bonds is 5. The number of nitrogens with one attached hydrogen (secondary N) is 2. The fourth-order valence-corrected chi connectivity index (χ4v) is 3.54. The third-order valence-electron chi connectivity index (χ3n) is 5.05. The summed E-state index contributed by atoms with van der Waals surface area (Å²) in [6, 6.07) is 4.26. The lowest BCUT2D eigenvalue weighted by Gasteiger charge is -2.20. The topological polar surface area (TPSA) is 106 Å². The van der Waals surface area contributed by atoms with Crippen LogP contribution in [0.1, 0.15) is 16.8 Å². The number of carbonyl (C=O) groups excluding carboxylic acids is 1. The summed E-state index contributed by atoms with van der Waals surface area (Å²) >= 11 is 0. The van der Waals surface area contributed by atoms with Crippen molar-refractivity contribution in [2.45, 2.75) is 18.6 Å². The number of aromatic nitrogens is 4. The normalized spacial score (nSPS) is 21.3. The van der Waals surface area contributed by atoms with Gasteiger partial charge in [-0.3, -0.25) is 9.63 Å². The summed E-state index contributed by atoms with van der Waals surface area (Å²) in [6.07, 6.45) is 4.93. The zero-order valence-corrected chi connectivity index (χ0v) is 16.0. The molecule has 2 fully saturated rings. The molecule has 0 spiro atoms. The van der Waals surface area contributed by atoms with E-state index in [0.717, 1.165) is 19.2 Å². The lowest BCUT2D eigenvalue weighted by Crippen LogP contribution is -2.45.